The van der Waals surface area contributed by atoms with Crippen molar-refractivity contribution in [1.82, 2.24) is 19.7 Å². The molecule has 146 valence electrons. The predicted octanol–water partition coefficient (Wildman–Crippen LogP) is 2.95. The molecule has 0 bridgehead atoms. The zero-order chi connectivity index (χ0) is 19.8. The highest BCUT2D eigenvalue weighted by molar-refractivity contribution is 7.09. The second-order valence-electron chi connectivity index (χ2n) is 6.82. The van der Waals surface area contributed by atoms with Crippen LogP contribution in [-0.4, -0.2) is 32.2 Å². The Hall–Kier alpha value is -3.46. The Bertz CT molecular complexity index is 1200. The summed E-state index contributed by atoms with van der Waals surface area (Å²) in [4.78, 5) is 22.5. The van der Waals surface area contributed by atoms with Crippen LogP contribution in [0.2, 0.25) is 0 Å². The van der Waals surface area contributed by atoms with Crippen LogP contribution in [0.5, 0.6) is 0 Å². The lowest BCUT2D eigenvalue weighted by Crippen LogP contribution is -2.19. The summed E-state index contributed by atoms with van der Waals surface area (Å²) in [6.07, 6.45) is 3.52. The third kappa shape index (κ3) is 3.19. The average molecular weight is 405 g/mol. The molecule has 8 nitrogen and oxygen atoms in total. The van der Waals surface area contributed by atoms with E-state index < -0.39 is 5.91 Å². The van der Waals surface area contributed by atoms with Crippen LogP contribution in [0.15, 0.2) is 41.9 Å². The maximum absolute atomic E-state index is 11.7. The molecule has 1 aromatic carbocycles. The van der Waals surface area contributed by atoms with Gasteiger partial charge in [-0.25, -0.2) is 4.98 Å². The number of fused-ring (bicyclic) bond motifs is 2. The first kappa shape index (κ1) is 17.6. The summed E-state index contributed by atoms with van der Waals surface area (Å²) < 4.78 is 1.66. The number of rotatable bonds is 5. The van der Waals surface area contributed by atoms with Gasteiger partial charge in [-0.1, -0.05) is 12.1 Å². The Morgan fingerprint density at radius 2 is 2.21 bits per heavy atom. The van der Waals surface area contributed by atoms with Crippen molar-refractivity contribution >= 4 is 39.7 Å². The Labute approximate surface area is 170 Å². The number of nitrogens with two attached hydrogens (primary N) is 1. The van der Waals surface area contributed by atoms with Gasteiger partial charge in [0.25, 0.3) is 5.95 Å². The first-order chi connectivity index (χ1) is 14.2. The minimum Gasteiger partial charge on any atom is -0.381 e. The molecule has 1 aliphatic rings. The lowest BCUT2D eigenvalue weighted by molar-refractivity contribution is 0.100. The average Bonchev–Trinajstić information content (AvgIpc) is 3.41. The van der Waals surface area contributed by atoms with E-state index in [1.165, 1.54) is 4.88 Å². The Balaban J connectivity index is 1.60. The summed E-state index contributed by atoms with van der Waals surface area (Å²) in [6.45, 7) is 1.59. The molecule has 0 unspecified atom stereocenters. The summed E-state index contributed by atoms with van der Waals surface area (Å²) in [5.74, 6) is 0.745. The fraction of sp³-hybridized carbons (Fsp3) is 0.200. The van der Waals surface area contributed by atoms with E-state index in [0.29, 0.717) is 23.4 Å². The van der Waals surface area contributed by atoms with Crippen LogP contribution < -0.4 is 16.4 Å². The number of carbonyl (C=O) groups excluding carboxylic acids is 1. The van der Waals surface area contributed by atoms with Crippen molar-refractivity contribution in [2.24, 2.45) is 5.73 Å². The van der Waals surface area contributed by atoms with Gasteiger partial charge in [-0.2, -0.15) is 14.8 Å². The molecule has 0 fully saturated rings. The summed E-state index contributed by atoms with van der Waals surface area (Å²) >= 11 is 1.70. The van der Waals surface area contributed by atoms with Gasteiger partial charge >= 0.3 is 0 Å². The Kier molecular flexibility index (Phi) is 4.36. The molecule has 4 N–H and O–H groups in total. The fourth-order valence-corrected chi connectivity index (χ4v) is 4.21. The molecule has 0 aliphatic carbocycles. The summed E-state index contributed by atoms with van der Waals surface area (Å²) in [6, 6.07) is 9.49. The lowest BCUT2D eigenvalue weighted by atomic mass is 10.1. The van der Waals surface area contributed by atoms with Gasteiger partial charge in [0.1, 0.15) is 0 Å². The van der Waals surface area contributed by atoms with Crippen LogP contribution in [0.3, 0.4) is 0 Å². The van der Waals surface area contributed by atoms with E-state index in [9.17, 15) is 4.79 Å². The molecule has 9 heteroatoms. The van der Waals surface area contributed by atoms with Crippen LogP contribution >= 0.6 is 11.3 Å². The van der Waals surface area contributed by atoms with Crippen molar-refractivity contribution in [1.29, 1.82) is 0 Å². The molecule has 29 heavy (non-hydrogen) atoms. The predicted molar refractivity (Wildman–Crippen MR) is 114 cm³/mol. The molecule has 4 heterocycles. The molecule has 1 aliphatic heterocycles. The monoisotopic (exact) mass is 405 g/mol. The number of aromatic nitrogens is 4. The van der Waals surface area contributed by atoms with Gasteiger partial charge in [0.05, 0.1) is 35.2 Å². The molecule has 0 saturated carbocycles. The topological polar surface area (TPSA) is 111 Å². The van der Waals surface area contributed by atoms with E-state index in [1.54, 1.807) is 34.3 Å². The van der Waals surface area contributed by atoms with Gasteiger partial charge in [0.15, 0.2) is 5.82 Å². The number of primary amides is 1. The number of anilines is 2. The lowest BCUT2D eigenvalue weighted by Gasteiger charge is -2.21. The number of carbonyl (C=O) groups is 1. The van der Waals surface area contributed by atoms with Gasteiger partial charge in [-0.3, -0.25) is 4.79 Å². The minimum absolute atomic E-state index is 0.435. The maximum atomic E-state index is 11.7. The molecule has 4 aromatic rings. The molecule has 0 spiro atoms. The number of hydrogen-bond acceptors (Lipinski definition) is 7. The van der Waals surface area contributed by atoms with E-state index in [-0.39, 0.29) is 0 Å². The number of benzene rings is 1. The highest BCUT2D eigenvalue weighted by Gasteiger charge is 2.20. The Morgan fingerprint density at radius 3 is 3.03 bits per heavy atom. The summed E-state index contributed by atoms with van der Waals surface area (Å²) in [5.41, 5.74) is 8.60. The van der Waals surface area contributed by atoms with Crippen LogP contribution in [0, 0.1) is 0 Å². The van der Waals surface area contributed by atoms with Gasteiger partial charge in [-0.05, 0) is 36.4 Å². The summed E-state index contributed by atoms with van der Waals surface area (Å²) in [5, 5.41) is 14.0. The first-order valence-electron chi connectivity index (χ1n) is 9.38. The third-order valence-corrected chi connectivity index (χ3v) is 5.82. The highest BCUT2D eigenvalue weighted by Crippen LogP contribution is 2.30. The van der Waals surface area contributed by atoms with E-state index in [1.807, 2.05) is 12.1 Å². The van der Waals surface area contributed by atoms with Crippen molar-refractivity contribution < 1.29 is 4.79 Å². The number of nitrogens with zero attached hydrogens (tertiary/aromatic N) is 4. The smallest absolute Gasteiger partial charge is 0.253 e. The van der Waals surface area contributed by atoms with Crippen molar-refractivity contribution in [2.75, 3.05) is 17.2 Å². The second-order valence-corrected chi connectivity index (χ2v) is 7.85. The fourth-order valence-electron chi connectivity index (χ4n) is 3.56. The molecular formula is C20H19N7OS. The molecule has 1 amide bonds. The van der Waals surface area contributed by atoms with Crippen LogP contribution in [0.4, 0.5) is 11.5 Å². The minimum atomic E-state index is -0.482. The van der Waals surface area contributed by atoms with E-state index in [0.717, 1.165) is 42.1 Å². The Morgan fingerprint density at radius 1 is 1.28 bits per heavy atom. The van der Waals surface area contributed by atoms with E-state index in [2.05, 4.69) is 27.2 Å². The zero-order valence-electron chi connectivity index (χ0n) is 15.6. The molecule has 0 saturated heterocycles. The highest BCUT2D eigenvalue weighted by atomic mass is 32.1. The zero-order valence-corrected chi connectivity index (χ0v) is 16.4. The van der Waals surface area contributed by atoms with Gasteiger partial charge < -0.3 is 16.4 Å². The number of aryl methyl sites for hydroxylation is 1. The first-order valence-corrected chi connectivity index (χ1v) is 10.3. The van der Waals surface area contributed by atoms with Crippen molar-refractivity contribution in [3.63, 3.8) is 0 Å². The standard InChI is InChI=1S/C20H19N7OS/c21-18(28)13-5-1-7-16-14(13)11-24-27(16)20-25-15-6-2-8-22-17(15)19(26-20)23-10-12-4-3-9-29-12/h1,3-5,7,9,11,22H,2,6,8,10H2,(H2,21,28)(H,23,25,26). The number of nitrogens with one attached hydrogen (secondary N) is 2. The van der Waals surface area contributed by atoms with Crippen molar-refractivity contribution in [2.45, 2.75) is 19.4 Å². The van der Waals surface area contributed by atoms with E-state index in [4.69, 9.17) is 15.7 Å². The van der Waals surface area contributed by atoms with Crippen LogP contribution in [0.25, 0.3) is 16.9 Å². The third-order valence-electron chi connectivity index (χ3n) is 4.94. The van der Waals surface area contributed by atoms with Crippen molar-refractivity contribution in [3.05, 3.63) is 58.0 Å². The SMILES string of the molecule is NC(=O)c1cccc2c1cnn2-c1nc2c(c(NCc3cccs3)n1)NCCC2. The molecule has 0 radical (unpaired) electrons. The second kappa shape index (κ2) is 7.17. The van der Waals surface area contributed by atoms with E-state index >= 15 is 0 Å². The quantitative estimate of drug-likeness (QED) is 0.471. The summed E-state index contributed by atoms with van der Waals surface area (Å²) in [7, 11) is 0. The number of amides is 1. The normalized spacial score (nSPS) is 13.1. The van der Waals surface area contributed by atoms with Gasteiger partial charge in [0, 0.05) is 16.8 Å². The molecule has 3 aromatic heterocycles. The van der Waals surface area contributed by atoms with Crippen LogP contribution in [-0.2, 0) is 13.0 Å². The number of hydrogen-bond donors (Lipinski definition) is 3. The van der Waals surface area contributed by atoms with Crippen LogP contribution in [0.1, 0.15) is 27.3 Å². The largest absolute Gasteiger partial charge is 0.381 e. The van der Waals surface area contributed by atoms with Gasteiger partial charge in [0.2, 0.25) is 5.91 Å². The molecule has 0 atom stereocenters. The maximum Gasteiger partial charge on any atom is 0.253 e. The molecule has 5 rings (SSSR count). The van der Waals surface area contributed by atoms with Gasteiger partial charge in [-0.15, -0.1) is 11.3 Å². The number of thiophene rings is 1. The van der Waals surface area contributed by atoms with Crippen molar-refractivity contribution in [3.8, 4) is 5.95 Å². The molecular weight excluding hydrogens is 386 g/mol.